The molecule has 2 aromatic carbocycles. The van der Waals surface area contributed by atoms with Gasteiger partial charge in [0.15, 0.2) is 0 Å². The summed E-state index contributed by atoms with van der Waals surface area (Å²) < 4.78 is 16.6. The normalized spacial score (nSPS) is 24.2. The lowest BCUT2D eigenvalue weighted by Gasteiger charge is -2.33. The van der Waals surface area contributed by atoms with Gasteiger partial charge in [-0.15, -0.1) is 0 Å². The van der Waals surface area contributed by atoms with Crippen LogP contribution in [0.4, 0.5) is 11.4 Å². The molecule has 7 nitrogen and oxygen atoms in total. The lowest BCUT2D eigenvalue weighted by Crippen LogP contribution is -2.49. The largest absolute Gasteiger partial charge is 0.497 e. The van der Waals surface area contributed by atoms with Crippen molar-refractivity contribution in [3.8, 4) is 11.5 Å². The van der Waals surface area contributed by atoms with E-state index in [0.29, 0.717) is 35.0 Å². The number of rotatable bonds is 4. The molecule has 156 valence electrons. The first-order valence-electron chi connectivity index (χ1n) is 9.65. The molecule has 1 N–H and O–H groups in total. The van der Waals surface area contributed by atoms with E-state index in [1.165, 1.54) is 7.11 Å². The summed E-state index contributed by atoms with van der Waals surface area (Å²) in [5.74, 6) is 1.61. The summed E-state index contributed by atoms with van der Waals surface area (Å²) in [7, 11) is 6.38. The maximum atomic E-state index is 13.7. The first-order chi connectivity index (χ1) is 14.5. The number of hydrogen-bond donors (Lipinski definition) is 1. The maximum absolute atomic E-state index is 13.7. The molecule has 0 aromatic heterocycles. The molecule has 0 amide bonds. The molecule has 1 saturated heterocycles. The van der Waals surface area contributed by atoms with E-state index in [0.717, 1.165) is 16.9 Å². The first kappa shape index (κ1) is 20.0. The Morgan fingerprint density at radius 1 is 1.07 bits per heavy atom. The number of hydrogen-bond acceptors (Lipinski definition) is 6. The van der Waals surface area contributed by atoms with Crippen molar-refractivity contribution < 1.29 is 19.0 Å². The van der Waals surface area contributed by atoms with Crippen LogP contribution in [0.2, 0.25) is 0 Å². The van der Waals surface area contributed by atoms with Crippen LogP contribution in [0.5, 0.6) is 11.5 Å². The van der Waals surface area contributed by atoms with Gasteiger partial charge in [-0.3, -0.25) is 14.7 Å². The SMILES string of the molecule is CN=C1C(=C2Cc3ccccc3N2)C(=O)C(C)(OC)N1c1cc(OC)cc(OC)c1. The van der Waals surface area contributed by atoms with Gasteiger partial charge in [-0.05, 0) is 18.6 Å². The summed E-state index contributed by atoms with van der Waals surface area (Å²) in [4.78, 5) is 20.0. The molecule has 0 aliphatic carbocycles. The van der Waals surface area contributed by atoms with Gasteiger partial charge < -0.3 is 19.5 Å². The van der Waals surface area contributed by atoms with Crippen LogP contribution in [0.3, 0.4) is 0 Å². The van der Waals surface area contributed by atoms with Gasteiger partial charge in [-0.2, -0.15) is 0 Å². The van der Waals surface area contributed by atoms with Gasteiger partial charge in [0, 0.05) is 50.2 Å². The molecule has 2 heterocycles. The predicted molar refractivity (Wildman–Crippen MR) is 117 cm³/mol. The second kappa shape index (κ2) is 7.50. The summed E-state index contributed by atoms with van der Waals surface area (Å²) in [6.45, 7) is 1.75. The molecule has 1 unspecified atom stereocenters. The number of Topliss-reactive ketones (excluding diaryl/α,β-unsaturated/α-hetero) is 1. The van der Waals surface area contributed by atoms with Crippen molar-refractivity contribution in [2.24, 2.45) is 4.99 Å². The number of nitrogens with one attached hydrogen (secondary N) is 1. The maximum Gasteiger partial charge on any atom is 0.221 e. The highest BCUT2D eigenvalue weighted by molar-refractivity contribution is 6.37. The molecule has 1 fully saturated rings. The van der Waals surface area contributed by atoms with Crippen LogP contribution in [0, 0.1) is 0 Å². The van der Waals surface area contributed by atoms with Crippen molar-refractivity contribution in [1.29, 1.82) is 0 Å². The highest BCUT2D eigenvalue weighted by Crippen LogP contribution is 2.42. The van der Waals surface area contributed by atoms with E-state index in [1.54, 1.807) is 39.2 Å². The average Bonchev–Trinajstić information content (AvgIpc) is 3.30. The van der Waals surface area contributed by atoms with Crippen molar-refractivity contribution in [3.63, 3.8) is 0 Å². The lowest BCUT2D eigenvalue weighted by molar-refractivity contribution is -0.131. The number of benzene rings is 2. The molecule has 1 atom stereocenters. The fourth-order valence-corrected chi connectivity index (χ4v) is 4.05. The Morgan fingerprint density at radius 2 is 1.73 bits per heavy atom. The van der Waals surface area contributed by atoms with Gasteiger partial charge in [-0.1, -0.05) is 18.2 Å². The van der Waals surface area contributed by atoms with Gasteiger partial charge in [0.25, 0.3) is 0 Å². The zero-order valence-corrected chi connectivity index (χ0v) is 17.8. The standard InChI is InChI=1S/C23H25N3O4/c1-23(30-5)21(27)20(19-10-14-8-6-7-9-18(14)25-19)22(24-2)26(23)15-11-16(28-3)13-17(12-15)29-4/h6-9,11-13,25H,10H2,1-5H3. The van der Waals surface area contributed by atoms with Gasteiger partial charge in [0.05, 0.1) is 25.5 Å². The molecule has 2 aliphatic rings. The van der Waals surface area contributed by atoms with Crippen LogP contribution in [0.25, 0.3) is 0 Å². The van der Waals surface area contributed by atoms with E-state index in [9.17, 15) is 4.79 Å². The third kappa shape index (κ3) is 2.93. The first-order valence-corrected chi connectivity index (χ1v) is 9.65. The Kier molecular flexibility index (Phi) is 4.99. The fourth-order valence-electron chi connectivity index (χ4n) is 4.05. The van der Waals surface area contributed by atoms with E-state index in [4.69, 9.17) is 14.2 Å². The third-order valence-electron chi connectivity index (χ3n) is 5.69. The van der Waals surface area contributed by atoms with Crippen molar-refractivity contribution in [2.45, 2.75) is 19.1 Å². The number of carbonyl (C=O) groups is 1. The third-order valence-corrected chi connectivity index (χ3v) is 5.69. The average molecular weight is 407 g/mol. The van der Waals surface area contributed by atoms with Crippen LogP contribution < -0.4 is 19.7 Å². The van der Waals surface area contributed by atoms with Crippen LogP contribution in [-0.2, 0) is 16.0 Å². The highest BCUT2D eigenvalue weighted by Gasteiger charge is 2.54. The Hall–Kier alpha value is -3.32. The second-order valence-electron chi connectivity index (χ2n) is 7.28. The predicted octanol–water partition coefficient (Wildman–Crippen LogP) is 3.41. The van der Waals surface area contributed by atoms with Gasteiger partial charge in [0.2, 0.25) is 11.5 Å². The molecular weight excluding hydrogens is 382 g/mol. The zero-order valence-electron chi connectivity index (χ0n) is 17.8. The number of nitrogens with zero attached hydrogens (tertiary/aromatic N) is 2. The Balaban J connectivity index is 1.89. The van der Waals surface area contributed by atoms with E-state index in [2.05, 4.69) is 16.4 Å². The van der Waals surface area contributed by atoms with Crippen LogP contribution >= 0.6 is 0 Å². The summed E-state index contributed by atoms with van der Waals surface area (Å²) >= 11 is 0. The smallest absolute Gasteiger partial charge is 0.221 e. The van der Waals surface area contributed by atoms with Crippen LogP contribution in [0.15, 0.2) is 58.7 Å². The summed E-state index contributed by atoms with van der Waals surface area (Å²) in [5, 5.41) is 3.40. The topological polar surface area (TPSA) is 72.4 Å². The second-order valence-corrected chi connectivity index (χ2v) is 7.28. The number of aliphatic imine (C=N–C) groups is 1. The minimum atomic E-state index is -1.26. The van der Waals surface area contributed by atoms with Crippen molar-refractivity contribution in [1.82, 2.24) is 0 Å². The van der Waals surface area contributed by atoms with E-state index in [-0.39, 0.29) is 5.78 Å². The van der Waals surface area contributed by atoms with Gasteiger partial charge in [0.1, 0.15) is 17.3 Å². The number of carbonyl (C=O) groups excluding carboxylic acids is 1. The number of ether oxygens (including phenoxy) is 3. The molecule has 2 aromatic rings. The molecule has 4 rings (SSSR count). The van der Waals surface area contributed by atoms with Crippen LogP contribution in [-0.4, -0.2) is 45.7 Å². The van der Waals surface area contributed by atoms with Crippen molar-refractivity contribution >= 4 is 23.0 Å². The van der Waals surface area contributed by atoms with E-state index >= 15 is 0 Å². The summed E-state index contributed by atoms with van der Waals surface area (Å²) in [6, 6.07) is 13.5. The van der Waals surface area contributed by atoms with Crippen molar-refractivity contribution in [3.05, 3.63) is 59.3 Å². The monoisotopic (exact) mass is 407 g/mol. The molecule has 0 saturated carbocycles. The number of ketones is 1. The minimum absolute atomic E-state index is 0.150. The fraction of sp³-hybridized carbons (Fsp3) is 0.304. The molecule has 0 spiro atoms. The van der Waals surface area contributed by atoms with E-state index in [1.807, 2.05) is 30.3 Å². The van der Waals surface area contributed by atoms with Crippen molar-refractivity contribution in [2.75, 3.05) is 38.6 Å². The Labute approximate surface area is 176 Å². The quantitative estimate of drug-likeness (QED) is 0.784. The molecule has 0 bridgehead atoms. The number of methoxy groups -OCH3 is 3. The molecule has 30 heavy (non-hydrogen) atoms. The zero-order chi connectivity index (χ0) is 21.5. The number of amidine groups is 1. The number of anilines is 2. The van der Waals surface area contributed by atoms with Gasteiger partial charge in [-0.25, -0.2) is 0 Å². The molecule has 2 aliphatic heterocycles. The van der Waals surface area contributed by atoms with Gasteiger partial charge >= 0.3 is 0 Å². The molecule has 7 heteroatoms. The number of para-hydroxylation sites is 1. The number of fused-ring (bicyclic) bond motifs is 1. The van der Waals surface area contributed by atoms with E-state index < -0.39 is 5.72 Å². The Bertz CT molecular complexity index is 1030. The summed E-state index contributed by atoms with van der Waals surface area (Å²) in [6.07, 6.45) is 0.630. The number of allylic oxidation sites excluding steroid dienone is 1. The van der Waals surface area contributed by atoms with Crippen LogP contribution in [0.1, 0.15) is 12.5 Å². The minimum Gasteiger partial charge on any atom is -0.497 e. The molecule has 0 radical (unpaired) electrons. The Morgan fingerprint density at radius 3 is 2.30 bits per heavy atom. The lowest BCUT2D eigenvalue weighted by atomic mass is 10.0. The summed E-state index contributed by atoms with van der Waals surface area (Å²) in [5.41, 5.74) is 2.93. The molecular formula is C23H25N3O4. The highest BCUT2D eigenvalue weighted by atomic mass is 16.5.